The molecule has 1 amide bonds. The molecule has 0 fully saturated rings. The van der Waals surface area contributed by atoms with Crippen LogP contribution in [0, 0.1) is 0 Å². The van der Waals surface area contributed by atoms with Gasteiger partial charge in [0.2, 0.25) is 5.91 Å². The van der Waals surface area contributed by atoms with Crippen LogP contribution in [0.1, 0.15) is 399 Å². The third-order valence-electron chi connectivity index (χ3n) is 16.6. The molecule has 2 atom stereocenters. The molecule has 76 heavy (non-hydrogen) atoms. The summed E-state index contributed by atoms with van der Waals surface area (Å²) >= 11 is 0. The molecule has 0 rings (SSSR count). The van der Waals surface area contributed by atoms with Crippen LogP contribution in [-0.2, 0) is 14.3 Å². The van der Waals surface area contributed by atoms with Crippen LogP contribution in [-0.4, -0.2) is 47.4 Å². The Bertz CT molecular complexity index is 1140. The minimum atomic E-state index is -0.660. The molecule has 0 aromatic carbocycles. The van der Waals surface area contributed by atoms with E-state index in [0.717, 1.165) is 44.9 Å². The van der Waals surface area contributed by atoms with Crippen LogP contribution < -0.4 is 5.32 Å². The molecule has 6 nitrogen and oxygen atoms in total. The first-order valence-corrected chi connectivity index (χ1v) is 34.9. The van der Waals surface area contributed by atoms with Crippen molar-refractivity contribution >= 4 is 11.9 Å². The van der Waals surface area contributed by atoms with Gasteiger partial charge in [-0.15, -0.1) is 0 Å². The number of nitrogens with one attached hydrogen (secondary N) is 1. The zero-order valence-corrected chi connectivity index (χ0v) is 51.8. The summed E-state index contributed by atoms with van der Waals surface area (Å²) in [7, 11) is 0. The third kappa shape index (κ3) is 61.8. The fourth-order valence-electron chi connectivity index (χ4n) is 11.2. The van der Waals surface area contributed by atoms with E-state index in [2.05, 4.69) is 31.3 Å². The second-order valence-corrected chi connectivity index (χ2v) is 24.2. The molecule has 0 radical (unpaired) electrons. The van der Waals surface area contributed by atoms with Crippen LogP contribution in [0.5, 0.6) is 0 Å². The van der Waals surface area contributed by atoms with E-state index in [4.69, 9.17) is 4.74 Å². The fourth-order valence-corrected chi connectivity index (χ4v) is 11.2. The molecule has 6 heteroatoms. The van der Waals surface area contributed by atoms with Crippen LogP contribution in [0.4, 0.5) is 0 Å². The van der Waals surface area contributed by atoms with Gasteiger partial charge in [0.05, 0.1) is 25.4 Å². The Balaban J connectivity index is 3.31. The highest BCUT2D eigenvalue weighted by Crippen LogP contribution is 2.19. The van der Waals surface area contributed by atoms with Crippen molar-refractivity contribution < 1.29 is 24.5 Å². The molecular weight excluding hydrogens is 935 g/mol. The highest BCUT2D eigenvalue weighted by molar-refractivity contribution is 5.76. The van der Waals surface area contributed by atoms with E-state index < -0.39 is 12.1 Å². The Morgan fingerprint density at radius 3 is 0.934 bits per heavy atom. The first kappa shape index (κ1) is 74.6. The lowest BCUT2D eigenvalue weighted by Gasteiger charge is -2.22. The molecule has 452 valence electrons. The maximum atomic E-state index is 12.5. The van der Waals surface area contributed by atoms with Crippen molar-refractivity contribution in [3.63, 3.8) is 0 Å². The second kappa shape index (κ2) is 66.1. The molecule has 0 aliphatic rings. The van der Waals surface area contributed by atoms with E-state index in [1.54, 1.807) is 0 Å². The lowest BCUT2D eigenvalue weighted by atomic mass is 10.0. The van der Waals surface area contributed by atoms with Gasteiger partial charge >= 0.3 is 5.97 Å². The lowest BCUT2D eigenvalue weighted by Crippen LogP contribution is -2.45. The van der Waals surface area contributed by atoms with Gasteiger partial charge in [-0.05, 0) is 51.4 Å². The van der Waals surface area contributed by atoms with Crippen molar-refractivity contribution in [1.29, 1.82) is 0 Å². The number of amides is 1. The maximum absolute atomic E-state index is 12.5. The minimum Gasteiger partial charge on any atom is -0.466 e. The van der Waals surface area contributed by atoms with Crippen LogP contribution in [0.3, 0.4) is 0 Å². The standard InChI is InChI=1S/C70H137NO5/c1-3-5-7-9-11-13-15-17-18-32-36-40-44-48-52-56-60-64-70(75)76-65-61-57-53-49-45-41-37-34-31-29-27-25-23-21-19-20-22-24-26-28-30-33-35-39-43-47-51-55-59-63-69(74)71-67(66-72)68(73)62-58-54-50-46-42-38-16-14-12-10-8-6-4-2/h17-18,67-68,72-73H,3-16,19-66H2,1-2H3,(H,71,74)/b18-17-. The second-order valence-electron chi connectivity index (χ2n) is 24.2. The number of aliphatic hydroxyl groups excluding tert-OH is 2. The molecule has 0 spiro atoms. The molecule has 0 aromatic rings. The van der Waals surface area contributed by atoms with E-state index in [9.17, 15) is 19.8 Å². The Hall–Kier alpha value is -1.40. The lowest BCUT2D eigenvalue weighted by molar-refractivity contribution is -0.143. The van der Waals surface area contributed by atoms with Crippen molar-refractivity contribution in [2.75, 3.05) is 13.2 Å². The van der Waals surface area contributed by atoms with Gasteiger partial charge in [0, 0.05) is 12.8 Å². The summed E-state index contributed by atoms with van der Waals surface area (Å²) in [5, 5.41) is 23.3. The van der Waals surface area contributed by atoms with Gasteiger partial charge in [0.15, 0.2) is 0 Å². The highest BCUT2D eigenvalue weighted by Gasteiger charge is 2.20. The molecular formula is C70H137NO5. The summed E-state index contributed by atoms with van der Waals surface area (Å²) in [5.74, 6) is -0.0120. The summed E-state index contributed by atoms with van der Waals surface area (Å²) in [4.78, 5) is 24.6. The van der Waals surface area contributed by atoms with Crippen molar-refractivity contribution in [3.8, 4) is 0 Å². The summed E-state index contributed by atoms with van der Waals surface area (Å²) < 4.78 is 5.50. The molecule has 0 heterocycles. The highest BCUT2D eigenvalue weighted by atomic mass is 16.5. The summed E-state index contributed by atoms with van der Waals surface area (Å²) in [6.45, 7) is 4.98. The van der Waals surface area contributed by atoms with E-state index in [1.165, 1.54) is 321 Å². The van der Waals surface area contributed by atoms with Gasteiger partial charge in [-0.1, -0.05) is 347 Å². The molecule has 0 saturated carbocycles. The maximum Gasteiger partial charge on any atom is 0.305 e. The number of carbonyl (C=O) groups excluding carboxylic acids is 2. The molecule has 3 N–H and O–H groups in total. The Kier molecular flexibility index (Phi) is 64.9. The van der Waals surface area contributed by atoms with Crippen LogP contribution in [0.2, 0.25) is 0 Å². The van der Waals surface area contributed by atoms with Crippen molar-refractivity contribution in [1.82, 2.24) is 5.32 Å². The average molecular weight is 1070 g/mol. The summed E-state index contributed by atoms with van der Waals surface area (Å²) in [6.07, 6.45) is 81.2. The Morgan fingerprint density at radius 2 is 0.618 bits per heavy atom. The number of allylic oxidation sites excluding steroid dienone is 2. The first-order chi connectivity index (χ1) is 37.5. The summed E-state index contributed by atoms with van der Waals surface area (Å²) in [5.41, 5.74) is 0. The van der Waals surface area contributed by atoms with E-state index in [1.807, 2.05) is 0 Å². The van der Waals surface area contributed by atoms with Gasteiger partial charge in [-0.3, -0.25) is 9.59 Å². The average Bonchev–Trinajstić information content (AvgIpc) is 3.42. The SMILES string of the molecule is CCCCCCCC/C=C\CCCCCCCCCC(=O)OCCCCCCCCCCCCCCCCCCCCCCCCCCCCCCCC(=O)NC(CO)C(O)CCCCCCCCCCCCCCC. The number of hydrogen-bond donors (Lipinski definition) is 3. The molecule has 0 aliphatic heterocycles. The number of hydrogen-bond acceptors (Lipinski definition) is 5. The van der Waals surface area contributed by atoms with Gasteiger partial charge in [-0.25, -0.2) is 0 Å². The predicted octanol–water partition coefficient (Wildman–Crippen LogP) is 22.4. The van der Waals surface area contributed by atoms with E-state index >= 15 is 0 Å². The van der Waals surface area contributed by atoms with Gasteiger partial charge < -0.3 is 20.3 Å². The van der Waals surface area contributed by atoms with Crippen molar-refractivity contribution in [3.05, 3.63) is 12.2 Å². The minimum absolute atomic E-state index is 0.0170. The number of aliphatic hydroxyl groups is 2. The van der Waals surface area contributed by atoms with E-state index in [0.29, 0.717) is 25.9 Å². The van der Waals surface area contributed by atoms with Crippen molar-refractivity contribution in [2.24, 2.45) is 0 Å². The first-order valence-electron chi connectivity index (χ1n) is 34.9. The number of ether oxygens (including phenoxy) is 1. The topological polar surface area (TPSA) is 95.9 Å². The Labute approximate surface area is 476 Å². The van der Waals surface area contributed by atoms with Crippen molar-refractivity contribution in [2.45, 2.75) is 411 Å². The largest absolute Gasteiger partial charge is 0.466 e. The monoisotopic (exact) mass is 1070 g/mol. The molecule has 0 aromatic heterocycles. The number of unbranched alkanes of at least 4 members (excludes halogenated alkanes) is 53. The van der Waals surface area contributed by atoms with Gasteiger partial charge in [0.25, 0.3) is 0 Å². The Morgan fingerprint density at radius 1 is 0.355 bits per heavy atom. The number of rotatable bonds is 66. The fraction of sp³-hybridized carbons (Fsp3) is 0.943. The normalized spacial score (nSPS) is 12.5. The zero-order valence-electron chi connectivity index (χ0n) is 51.8. The van der Waals surface area contributed by atoms with Gasteiger partial charge in [-0.2, -0.15) is 0 Å². The van der Waals surface area contributed by atoms with Crippen LogP contribution in [0.15, 0.2) is 12.2 Å². The molecule has 0 bridgehead atoms. The third-order valence-corrected chi connectivity index (χ3v) is 16.6. The van der Waals surface area contributed by atoms with Crippen LogP contribution >= 0.6 is 0 Å². The smallest absolute Gasteiger partial charge is 0.305 e. The zero-order chi connectivity index (χ0) is 55.0. The predicted molar refractivity (Wildman–Crippen MR) is 333 cm³/mol. The molecule has 2 unspecified atom stereocenters. The summed E-state index contributed by atoms with van der Waals surface area (Å²) in [6, 6.07) is -0.537. The number of esters is 1. The van der Waals surface area contributed by atoms with Crippen LogP contribution in [0.25, 0.3) is 0 Å². The molecule has 0 saturated heterocycles. The molecule has 0 aliphatic carbocycles. The quantitative estimate of drug-likeness (QED) is 0.0320. The van der Waals surface area contributed by atoms with E-state index in [-0.39, 0.29) is 18.5 Å². The van der Waals surface area contributed by atoms with Gasteiger partial charge in [0.1, 0.15) is 0 Å². The number of carbonyl (C=O) groups is 2.